The molecule has 6 nitrogen and oxygen atoms in total. The fraction of sp³-hybridized carbons (Fsp3) is 0.414. The van der Waals surface area contributed by atoms with Crippen LogP contribution >= 0.6 is 0 Å². The number of H-pyrrole nitrogens is 1. The minimum absolute atomic E-state index is 0.0767. The van der Waals surface area contributed by atoms with Crippen LogP contribution < -0.4 is 4.74 Å². The number of nitrogens with zero attached hydrogens (tertiary/aromatic N) is 1. The van der Waals surface area contributed by atoms with Gasteiger partial charge in [-0.1, -0.05) is 43.7 Å². The van der Waals surface area contributed by atoms with E-state index in [1.165, 1.54) is 23.8 Å². The lowest BCUT2D eigenvalue weighted by Crippen LogP contribution is -2.47. The first-order valence-electron chi connectivity index (χ1n) is 12.4. The third kappa shape index (κ3) is 4.10. The van der Waals surface area contributed by atoms with Crippen LogP contribution in [-0.2, 0) is 20.7 Å². The second-order valence-corrected chi connectivity index (χ2v) is 9.56. The van der Waals surface area contributed by atoms with Crippen molar-refractivity contribution in [3.63, 3.8) is 0 Å². The summed E-state index contributed by atoms with van der Waals surface area (Å²) >= 11 is 0. The average Bonchev–Trinajstić information content (AvgIpc) is 3.29. The molecule has 2 aliphatic heterocycles. The second-order valence-electron chi connectivity index (χ2n) is 9.56. The normalized spacial score (nSPS) is 22.4. The molecule has 5 rings (SSSR count). The van der Waals surface area contributed by atoms with Gasteiger partial charge in [0.2, 0.25) is 0 Å². The van der Waals surface area contributed by atoms with Crippen molar-refractivity contribution < 1.29 is 19.0 Å². The highest BCUT2D eigenvalue weighted by Gasteiger charge is 2.42. The number of carbonyl (C=O) groups excluding carboxylic acids is 1. The maximum atomic E-state index is 12.7. The van der Waals surface area contributed by atoms with E-state index in [1.54, 1.807) is 20.5 Å². The first-order chi connectivity index (χ1) is 17.1. The number of piperidine rings is 1. The summed E-state index contributed by atoms with van der Waals surface area (Å²) in [6, 6.07) is 15.0. The summed E-state index contributed by atoms with van der Waals surface area (Å²) in [5.41, 5.74) is 6.61. The van der Waals surface area contributed by atoms with Gasteiger partial charge in [-0.25, -0.2) is 4.79 Å². The molecule has 3 heterocycles. The number of esters is 1. The summed E-state index contributed by atoms with van der Waals surface area (Å²) in [6.07, 6.45) is 4.40. The van der Waals surface area contributed by atoms with Crippen LogP contribution in [0.1, 0.15) is 37.1 Å². The van der Waals surface area contributed by atoms with Crippen molar-refractivity contribution in [3.8, 4) is 16.9 Å². The molecule has 184 valence electrons. The fourth-order valence-corrected chi connectivity index (χ4v) is 6.15. The van der Waals surface area contributed by atoms with Gasteiger partial charge in [0.25, 0.3) is 0 Å². The summed E-state index contributed by atoms with van der Waals surface area (Å²) in [5.74, 6) is 1.05. The molecule has 1 fully saturated rings. The van der Waals surface area contributed by atoms with Gasteiger partial charge >= 0.3 is 5.97 Å². The molecule has 6 heteroatoms. The molecule has 0 radical (unpaired) electrons. The summed E-state index contributed by atoms with van der Waals surface area (Å²) in [5, 5.41) is 1.18. The largest absolute Gasteiger partial charge is 0.504 e. The molecule has 1 saturated heterocycles. The van der Waals surface area contributed by atoms with Crippen molar-refractivity contribution in [2.45, 2.75) is 32.2 Å². The van der Waals surface area contributed by atoms with Crippen LogP contribution in [0.15, 0.2) is 54.3 Å². The second kappa shape index (κ2) is 9.78. The number of fused-ring (bicyclic) bond motifs is 5. The zero-order valence-electron chi connectivity index (χ0n) is 21.0. The van der Waals surface area contributed by atoms with E-state index in [0.717, 1.165) is 54.7 Å². The molecule has 2 aliphatic rings. The molecule has 3 aromatic rings. The van der Waals surface area contributed by atoms with E-state index in [4.69, 9.17) is 14.2 Å². The Morgan fingerprint density at radius 3 is 2.63 bits per heavy atom. The minimum Gasteiger partial charge on any atom is -0.504 e. The smallest absolute Gasteiger partial charge is 0.337 e. The Morgan fingerprint density at radius 1 is 1.14 bits per heavy atom. The molecular formula is C29H34N2O4. The first kappa shape index (κ1) is 23.5. The summed E-state index contributed by atoms with van der Waals surface area (Å²) in [4.78, 5) is 19.0. The number of nitrogens with one attached hydrogen (secondary N) is 1. The van der Waals surface area contributed by atoms with Crippen LogP contribution in [0.25, 0.3) is 22.0 Å². The van der Waals surface area contributed by atoms with Crippen molar-refractivity contribution in [2.75, 3.05) is 34.4 Å². The number of carbonyl (C=O) groups is 1. The monoisotopic (exact) mass is 474 g/mol. The molecule has 35 heavy (non-hydrogen) atoms. The van der Waals surface area contributed by atoms with E-state index < -0.39 is 0 Å². The van der Waals surface area contributed by atoms with Gasteiger partial charge in [0.1, 0.15) is 5.75 Å². The lowest BCUT2D eigenvalue weighted by molar-refractivity contribution is -0.137. The van der Waals surface area contributed by atoms with E-state index in [1.807, 2.05) is 6.07 Å². The lowest BCUT2D eigenvalue weighted by atomic mass is 9.74. The highest BCUT2D eigenvalue weighted by Crippen LogP contribution is 2.47. The molecule has 0 aliphatic carbocycles. The van der Waals surface area contributed by atoms with Crippen LogP contribution in [0.5, 0.6) is 5.75 Å². The number of hydrogen-bond acceptors (Lipinski definition) is 5. The first-order valence-corrected chi connectivity index (χ1v) is 12.4. The highest BCUT2D eigenvalue weighted by molar-refractivity contribution is 5.95. The van der Waals surface area contributed by atoms with Crippen molar-refractivity contribution in [1.82, 2.24) is 9.88 Å². The van der Waals surface area contributed by atoms with Gasteiger partial charge in [0.15, 0.2) is 0 Å². The van der Waals surface area contributed by atoms with Crippen molar-refractivity contribution in [1.29, 1.82) is 0 Å². The fourth-order valence-electron chi connectivity index (χ4n) is 6.15. The third-order valence-corrected chi connectivity index (χ3v) is 7.85. The van der Waals surface area contributed by atoms with E-state index in [0.29, 0.717) is 11.5 Å². The number of ether oxygens (including phenoxy) is 3. The average molecular weight is 475 g/mol. The van der Waals surface area contributed by atoms with E-state index >= 15 is 0 Å². The predicted octanol–water partition coefficient (Wildman–Crippen LogP) is 5.49. The molecule has 0 bridgehead atoms. The molecule has 2 aromatic carbocycles. The quantitative estimate of drug-likeness (QED) is 0.291. The Hall–Kier alpha value is -3.25. The SMILES string of the molecule is CC[C@@H]1CN2CCc3c([nH]c4cc(-c5ccccc5)cc(OC)c34)C2C[C@@H]1/C(=C\OC)C(=O)OC. The van der Waals surface area contributed by atoms with Gasteiger partial charge in [0, 0.05) is 24.2 Å². The molecule has 1 unspecified atom stereocenters. The van der Waals surface area contributed by atoms with E-state index in [2.05, 4.69) is 53.2 Å². The van der Waals surface area contributed by atoms with Crippen molar-refractivity contribution >= 4 is 16.9 Å². The Balaban J connectivity index is 1.59. The number of aromatic amines is 1. The maximum absolute atomic E-state index is 12.7. The lowest BCUT2D eigenvalue weighted by Gasteiger charge is -2.46. The zero-order chi connectivity index (χ0) is 24.5. The van der Waals surface area contributed by atoms with E-state index in [-0.39, 0.29) is 17.9 Å². The zero-order valence-corrected chi connectivity index (χ0v) is 21.0. The Morgan fingerprint density at radius 2 is 1.94 bits per heavy atom. The summed E-state index contributed by atoms with van der Waals surface area (Å²) in [6.45, 7) is 4.15. The maximum Gasteiger partial charge on any atom is 0.337 e. The Labute approximate surface area is 206 Å². The molecular weight excluding hydrogens is 440 g/mol. The van der Waals surface area contributed by atoms with Gasteiger partial charge in [-0.05, 0) is 53.5 Å². The van der Waals surface area contributed by atoms with Crippen molar-refractivity contribution in [3.05, 3.63) is 65.6 Å². The van der Waals surface area contributed by atoms with Gasteiger partial charge in [-0.2, -0.15) is 0 Å². The van der Waals surface area contributed by atoms with Crippen LogP contribution in [0, 0.1) is 11.8 Å². The van der Waals surface area contributed by atoms with Crippen LogP contribution in [0.3, 0.4) is 0 Å². The highest BCUT2D eigenvalue weighted by atomic mass is 16.5. The molecule has 0 spiro atoms. The van der Waals surface area contributed by atoms with Crippen molar-refractivity contribution in [2.24, 2.45) is 11.8 Å². The van der Waals surface area contributed by atoms with Crippen LogP contribution in [0.4, 0.5) is 0 Å². The number of hydrogen-bond donors (Lipinski definition) is 1. The minimum atomic E-state index is -0.300. The number of methoxy groups -OCH3 is 3. The van der Waals surface area contributed by atoms with Gasteiger partial charge in [-0.15, -0.1) is 0 Å². The Bertz CT molecular complexity index is 1250. The summed E-state index contributed by atoms with van der Waals surface area (Å²) in [7, 11) is 4.78. The van der Waals surface area contributed by atoms with Crippen LogP contribution in [0.2, 0.25) is 0 Å². The van der Waals surface area contributed by atoms with Gasteiger partial charge in [0.05, 0.1) is 44.7 Å². The molecule has 0 amide bonds. The number of aromatic nitrogens is 1. The topological polar surface area (TPSA) is 63.8 Å². The van der Waals surface area contributed by atoms with Crippen LogP contribution in [-0.4, -0.2) is 50.3 Å². The van der Waals surface area contributed by atoms with Gasteiger partial charge in [-0.3, -0.25) is 4.90 Å². The number of rotatable bonds is 6. The predicted molar refractivity (Wildman–Crippen MR) is 137 cm³/mol. The molecule has 3 atom stereocenters. The van der Waals surface area contributed by atoms with E-state index in [9.17, 15) is 4.79 Å². The standard InChI is InChI=1S/C29H34N2O4/c1-5-18-16-31-12-11-21-27-24(13-20(14-26(27)34-3)19-9-7-6-8-10-19)30-28(21)25(31)15-22(18)23(17-33-2)29(32)35-4/h6-10,13-14,17-18,22,25,30H,5,11-12,15-16H2,1-4H3/b23-17+/t18-,22+,25?/m1/s1. The summed E-state index contributed by atoms with van der Waals surface area (Å²) < 4.78 is 16.3. The molecule has 1 N–H and O–H groups in total. The Kier molecular flexibility index (Phi) is 6.56. The van der Waals surface area contributed by atoms with Gasteiger partial charge < -0.3 is 19.2 Å². The number of benzene rings is 2. The molecule has 0 saturated carbocycles. The molecule has 1 aromatic heterocycles. The third-order valence-electron chi connectivity index (χ3n) is 7.85.